The van der Waals surface area contributed by atoms with Gasteiger partial charge in [0.25, 0.3) is 0 Å². The van der Waals surface area contributed by atoms with Crippen molar-refractivity contribution in [3.63, 3.8) is 0 Å². The van der Waals surface area contributed by atoms with Crippen LogP contribution in [0.4, 0.5) is 0 Å². The molecule has 0 aromatic heterocycles. The van der Waals surface area contributed by atoms with Gasteiger partial charge in [0.05, 0.1) is 0 Å². The van der Waals surface area contributed by atoms with Crippen LogP contribution in [0.3, 0.4) is 0 Å². The molecule has 146 valence electrons. The number of rotatable bonds is 8. The summed E-state index contributed by atoms with van der Waals surface area (Å²) < 4.78 is 21.6. The van der Waals surface area contributed by atoms with Crippen molar-refractivity contribution in [1.82, 2.24) is 10.2 Å². The molecule has 1 aromatic carbocycles. The van der Waals surface area contributed by atoms with Gasteiger partial charge in [-0.2, -0.15) is 0 Å². The fraction of sp³-hybridized carbons (Fsp3) is 0.700. The molecule has 2 aliphatic rings. The van der Waals surface area contributed by atoms with Gasteiger partial charge < -0.3 is 24.3 Å². The van der Waals surface area contributed by atoms with Crippen molar-refractivity contribution in [2.24, 2.45) is 0 Å². The van der Waals surface area contributed by atoms with Gasteiger partial charge in [-0.25, -0.2) is 0 Å². The second-order valence-corrected chi connectivity index (χ2v) is 7.10. The summed E-state index contributed by atoms with van der Waals surface area (Å²) in [6.45, 7) is 5.01. The van der Waals surface area contributed by atoms with Crippen molar-refractivity contribution >= 4 is 0 Å². The Kier molecular flexibility index (Phi) is 7.55. The van der Waals surface area contributed by atoms with Gasteiger partial charge in [0.15, 0.2) is 13.6 Å². The second-order valence-electron chi connectivity index (χ2n) is 7.10. The maximum absolute atomic E-state index is 5.87. The van der Waals surface area contributed by atoms with Crippen LogP contribution in [-0.2, 0) is 9.47 Å². The van der Waals surface area contributed by atoms with Gasteiger partial charge in [-0.05, 0) is 36.8 Å². The number of methoxy groups -OCH3 is 2. The lowest BCUT2D eigenvalue weighted by molar-refractivity contribution is 0.0450. The molecule has 1 aliphatic heterocycles. The Morgan fingerprint density at radius 3 is 2.58 bits per heavy atom. The molecule has 6 heteroatoms. The number of piperazine rings is 1. The van der Waals surface area contributed by atoms with Crippen LogP contribution >= 0.6 is 0 Å². The maximum Gasteiger partial charge on any atom is 0.188 e. The van der Waals surface area contributed by atoms with Gasteiger partial charge in [0.1, 0.15) is 11.5 Å². The Morgan fingerprint density at radius 1 is 1.04 bits per heavy atom. The quantitative estimate of drug-likeness (QED) is 0.716. The highest BCUT2D eigenvalue weighted by Gasteiger charge is 2.29. The van der Waals surface area contributed by atoms with Crippen molar-refractivity contribution in [3.8, 4) is 11.5 Å². The van der Waals surface area contributed by atoms with Crippen molar-refractivity contribution in [1.29, 1.82) is 0 Å². The molecule has 2 atom stereocenters. The first-order valence-corrected chi connectivity index (χ1v) is 9.64. The zero-order chi connectivity index (χ0) is 18.2. The Balaban J connectivity index is 1.72. The number of nitrogens with zero attached hydrogens (tertiary/aromatic N) is 1. The van der Waals surface area contributed by atoms with Gasteiger partial charge in [-0.1, -0.05) is 12.5 Å². The number of ether oxygens (including phenoxy) is 4. The number of hydrogen-bond donors (Lipinski definition) is 1. The van der Waals surface area contributed by atoms with Crippen LogP contribution < -0.4 is 14.8 Å². The van der Waals surface area contributed by atoms with Crippen LogP contribution in [0.25, 0.3) is 0 Å². The summed E-state index contributed by atoms with van der Waals surface area (Å²) in [5.41, 5.74) is 1.27. The Hall–Kier alpha value is -1.34. The Morgan fingerprint density at radius 2 is 1.81 bits per heavy atom. The third kappa shape index (κ3) is 5.10. The predicted octanol–water partition coefficient (Wildman–Crippen LogP) is 2.58. The lowest BCUT2D eigenvalue weighted by atomic mass is 9.80. The van der Waals surface area contributed by atoms with E-state index in [2.05, 4.69) is 16.3 Å². The zero-order valence-electron chi connectivity index (χ0n) is 16.0. The minimum absolute atomic E-state index is 0.234. The highest BCUT2D eigenvalue weighted by Crippen LogP contribution is 2.40. The SMILES string of the molecule is COCOc1ccc(C2CCCC(N3CCNCC3)C2)c(OCOC)c1. The molecule has 3 rings (SSSR count). The average Bonchev–Trinajstić information content (AvgIpc) is 2.71. The van der Waals surface area contributed by atoms with Crippen LogP contribution in [0.2, 0.25) is 0 Å². The first-order valence-electron chi connectivity index (χ1n) is 9.64. The first-order chi connectivity index (χ1) is 12.8. The summed E-state index contributed by atoms with van der Waals surface area (Å²) in [5, 5.41) is 3.45. The smallest absolute Gasteiger partial charge is 0.188 e. The second kappa shape index (κ2) is 10.1. The monoisotopic (exact) mass is 364 g/mol. The zero-order valence-corrected chi connectivity index (χ0v) is 16.0. The highest BCUT2D eigenvalue weighted by atomic mass is 16.7. The van der Waals surface area contributed by atoms with Crippen molar-refractivity contribution < 1.29 is 18.9 Å². The van der Waals surface area contributed by atoms with Crippen LogP contribution in [-0.4, -0.2) is 64.9 Å². The minimum atomic E-state index is 0.234. The molecule has 1 saturated heterocycles. The number of hydrogen-bond acceptors (Lipinski definition) is 6. The predicted molar refractivity (Wildman–Crippen MR) is 101 cm³/mol. The van der Waals surface area contributed by atoms with E-state index in [0.717, 1.165) is 37.7 Å². The lowest BCUT2D eigenvalue weighted by Gasteiger charge is -2.40. The molecule has 6 nitrogen and oxygen atoms in total. The lowest BCUT2D eigenvalue weighted by Crippen LogP contribution is -2.49. The third-order valence-electron chi connectivity index (χ3n) is 5.42. The average molecular weight is 364 g/mol. The molecule has 0 spiro atoms. The van der Waals surface area contributed by atoms with Crippen LogP contribution in [0.1, 0.15) is 37.2 Å². The van der Waals surface area contributed by atoms with E-state index in [-0.39, 0.29) is 13.6 Å². The molecule has 0 amide bonds. The molecule has 1 aliphatic carbocycles. The van der Waals surface area contributed by atoms with Gasteiger partial charge in [-0.3, -0.25) is 4.90 Å². The van der Waals surface area contributed by atoms with E-state index in [4.69, 9.17) is 18.9 Å². The van der Waals surface area contributed by atoms with Crippen LogP contribution in [0, 0.1) is 0 Å². The van der Waals surface area contributed by atoms with Crippen molar-refractivity contribution in [2.45, 2.75) is 37.6 Å². The standard InChI is InChI=1S/C20H32N2O4/c1-23-14-25-18-6-7-19(20(13-18)26-15-24-2)16-4-3-5-17(12-16)22-10-8-21-9-11-22/h6-7,13,16-17,21H,3-5,8-12,14-15H2,1-2H3. The van der Waals surface area contributed by atoms with E-state index in [1.807, 2.05) is 12.1 Å². The molecular formula is C20H32N2O4. The summed E-state index contributed by atoms with van der Waals surface area (Å²) in [5.74, 6) is 2.15. The van der Waals surface area contributed by atoms with E-state index in [0.29, 0.717) is 12.0 Å². The summed E-state index contributed by atoms with van der Waals surface area (Å²) in [7, 11) is 3.26. The highest BCUT2D eigenvalue weighted by molar-refractivity contribution is 5.43. The number of benzene rings is 1. The van der Waals surface area contributed by atoms with Gasteiger partial charge in [0.2, 0.25) is 0 Å². The molecule has 2 fully saturated rings. The molecule has 0 bridgehead atoms. The number of nitrogens with one attached hydrogen (secondary N) is 1. The molecule has 1 aromatic rings. The molecule has 1 N–H and O–H groups in total. The summed E-state index contributed by atoms with van der Waals surface area (Å²) in [6, 6.07) is 6.81. The first kappa shape index (κ1) is 19.4. The molecule has 2 unspecified atom stereocenters. The molecule has 1 heterocycles. The molecule has 1 saturated carbocycles. The van der Waals surface area contributed by atoms with E-state index >= 15 is 0 Å². The van der Waals surface area contributed by atoms with E-state index in [1.54, 1.807) is 14.2 Å². The van der Waals surface area contributed by atoms with Gasteiger partial charge in [-0.15, -0.1) is 0 Å². The topological polar surface area (TPSA) is 52.2 Å². The molecular weight excluding hydrogens is 332 g/mol. The maximum atomic E-state index is 5.87. The Labute approximate surface area is 156 Å². The van der Waals surface area contributed by atoms with E-state index < -0.39 is 0 Å². The fourth-order valence-corrected chi connectivity index (χ4v) is 4.14. The molecule has 0 radical (unpaired) electrons. The van der Waals surface area contributed by atoms with Crippen LogP contribution in [0.15, 0.2) is 18.2 Å². The van der Waals surface area contributed by atoms with E-state index in [1.165, 1.54) is 31.2 Å². The van der Waals surface area contributed by atoms with Gasteiger partial charge >= 0.3 is 0 Å². The summed E-state index contributed by atoms with van der Waals surface area (Å²) in [6.07, 6.45) is 4.98. The summed E-state index contributed by atoms with van der Waals surface area (Å²) in [4.78, 5) is 2.66. The van der Waals surface area contributed by atoms with Crippen LogP contribution in [0.5, 0.6) is 11.5 Å². The van der Waals surface area contributed by atoms with Crippen molar-refractivity contribution in [2.75, 3.05) is 54.0 Å². The summed E-state index contributed by atoms with van der Waals surface area (Å²) >= 11 is 0. The minimum Gasteiger partial charge on any atom is -0.467 e. The normalized spacial score (nSPS) is 24.4. The largest absolute Gasteiger partial charge is 0.467 e. The van der Waals surface area contributed by atoms with Crippen molar-refractivity contribution in [3.05, 3.63) is 23.8 Å². The Bertz CT molecular complexity index is 549. The third-order valence-corrected chi connectivity index (χ3v) is 5.42. The fourth-order valence-electron chi connectivity index (χ4n) is 4.14. The van der Waals surface area contributed by atoms with Gasteiger partial charge in [0, 0.05) is 52.5 Å². The molecule has 26 heavy (non-hydrogen) atoms. The van der Waals surface area contributed by atoms with E-state index in [9.17, 15) is 0 Å².